The lowest BCUT2D eigenvalue weighted by Crippen LogP contribution is -2.49. The van der Waals surface area contributed by atoms with E-state index in [4.69, 9.17) is 9.47 Å². The lowest BCUT2D eigenvalue weighted by Gasteiger charge is -2.35. The van der Waals surface area contributed by atoms with Crippen LogP contribution in [0, 0.1) is 0 Å². The van der Waals surface area contributed by atoms with Crippen LogP contribution in [0.4, 0.5) is 0 Å². The van der Waals surface area contributed by atoms with Gasteiger partial charge in [-0.05, 0) is 25.3 Å². The first-order chi connectivity index (χ1) is 12.0. The summed E-state index contributed by atoms with van der Waals surface area (Å²) in [5.74, 6) is -1.12. The molecule has 0 aliphatic carbocycles. The Morgan fingerprint density at radius 2 is 1.84 bits per heavy atom. The van der Waals surface area contributed by atoms with Crippen LogP contribution in [0.5, 0.6) is 5.75 Å². The van der Waals surface area contributed by atoms with E-state index in [-0.39, 0.29) is 36.0 Å². The first kappa shape index (κ1) is 17.2. The number of hydrogen-bond acceptors (Lipinski definition) is 5. The van der Waals surface area contributed by atoms with Gasteiger partial charge in [0.25, 0.3) is 5.91 Å². The zero-order valence-corrected chi connectivity index (χ0v) is 14.3. The monoisotopic (exact) mass is 343 g/mol. The Balaban J connectivity index is 1.66. The average molecular weight is 343 g/mol. The van der Waals surface area contributed by atoms with Crippen LogP contribution in [-0.2, 0) is 14.3 Å². The van der Waals surface area contributed by atoms with E-state index in [0.29, 0.717) is 18.5 Å². The zero-order valence-electron chi connectivity index (χ0n) is 14.3. The third-order valence-electron chi connectivity index (χ3n) is 4.22. The molecular formula is C19H21NO5. The van der Waals surface area contributed by atoms with Gasteiger partial charge in [-0.3, -0.25) is 4.79 Å². The Morgan fingerprint density at radius 1 is 1.16 bits per heavy atom. The predicted molar refractivity (Wildman–Crippen MR) is 92.5 cm³/mol. The molecule has 1 N–H and O–H groups in total. The minimum Gasteiger partial charge on any atom is -0.506 e. The van der Waals surface area contributed by atoms with Crippen molar-refractivity contribution in [2.75, 3.05) is 19.7 Å². The molecule has 0 radical (unpaired) electrons. The van der Waals surface area contributed by atoms with Crippen molar-refractivity contribution in [1.29, 1.82) is 0 Å². The van der Waals surface area contributed by atoms with Crippen LogP contribution in [0.3, 0.4) is 0 Å². The fourth-order valence-corrected chi connectivity index (χ4v) is 3.10. The second kappa shape index (κ2) is 7.11. The number of rotatable bonds is 3. The van der Waals surface area contributed by atoms with E-state index in [1.165, 1.54) is 6.07 Å². The van der Waals surface area contributed by atoms with Gasteiger partial charge in [-0.2, -0.15) is 0 Å². The molecule has 1 aliphatic rings. The van der Waals surface area contributed by atoms with E-state index in [2.05, 4.69) is 0 Å². The van der Waals surface area contributed by atoms with Gasteiger partial charge in [0.1, 0.15) is 11.3 Å². The second-order valence-corrected chi connectivity index (χ2v) is 6.32. The molecule has 25 heavy (non-hydrogen) atoms. The Morgan fingerprint density at radius 3 is 2.56 bits per heavy atom. The topological polar surface area (TPSA) is 76.1 Å². The fraction of sp³-hybridized carbons (Fsp3) is 0.368. The Kier molecular flexibility index (Phi) is 4.90. The number of amides is 1. The number of esters is 1. The highest BCUT2D eigenvalue weighted by Crippen LogP contribution is 2.29. The van der Waals surface area contributed by atoms with Crippen molar-refractivity contribution in [3.05, 3.63) is 42.0 Å². The predicted octanol–water partition coefficient (Wildman–Crippen LogP) is 2.34. The highest BCUT2D eigenvalue weighted by molar-refractivity contribution is 6.01. The fourth-order valence-electron chi connectivity index (χ4n) is 3.10. The maximum Gasteiger partial charge on any atom is 0.342 e. The lowest BCUT2D eigenvalue weighted by atomic mass is 10.1. The maximum absolute atomic E-state index is 12.3. The summed E-state index contributed by atoms with van der Waals surface area (Å²) in [6.45, 7) is 4.39. The molecule has 132 valence electrons. The van der Waals surface area contributed by atoms with E-state index < -0.39 is 5.97 Å². The number of carbonyl (C=O) groups excluding carboxylic acids is 2. The van der Waals surface area contributed by atoms with Crippen LogP contribution in [-0.4, -0.2) is 53.8 Å². The Hall–Kier alpha value is -2.60. The number of benzene rings is 2. The van der Waals surface area contributed by atoms with Gasteiger partial charge < -0.3 is 19.5 Å². The normalized spacial score (nSPS) is 20.5. The second-order valence-electron chi connectivity index (χ2n) is 6.32. The van der Waals surface area contributed by atoms with Crippen LogP contribution in [0.25, 0.3) is 10.8 Å². The van der Waals surface area contributed by atoms with Crippen molar-refractivity contribution in [3.63, 3.8) is 0 Å². The van der Waals surface area contributed by atoms with E-state index in [9.17, 15) is 14.7 Å². The minimum absolute atomic E-state index is 0.0482. The van der Waals surface area contributed by atoms with Crippen LogP contribution >= 0.6 is 0 Å². The lowest BCUT2D eigenvalue weighted by molar-refractivity contribution is -0.146. The maximum atomic E-state index is 12.3. The third kappa shape index (κ3) is 3.74. The molecular weight excluding hydrogens is 322 g/mol. The first-order valence-electron chi connectivity index (χ1n) is 8.26. The highest BCUT2D eigenvalue weighted by Gasteiger charge is 2.26. The molecule has 6 nitrogen and oxygen atoms in total. The van der Waals surface area contributed by atoms with Crippen molar-refractivity contribution >= 4 is 22.6 Å². The number of fused-ring (bicyclic) bond motifs is 1. The molecule has 0 unspecified atom stereocenters. The third-order valence-corrected chi connectivity index (χ3v) is 4.22. The van der Waals surface area contributed by atoms with Crippen molar-refractivity contribution in [2.45, 2.75) is 26.1 Å². The van der Waals surface area contributed by atoms with Gasteiger partial charge in [0.2, 0.25) is 0 Å². The molecule has 1 fully saturated rings. The van der Waals surface area contributed by atoms with Crippen LogP contribution in [0.15, 0.2) is 36.4 Å². The number of phenolic OH excluding ortho intramolecular Hbond substituents is 1. The molecule has 0 aromatic heterocycles. The molecule has 1 aliphatic heterocycles. The van der Waals surface area contributed by atoms with Gasteiger partial charge in [-0.25, -0.2) is 4.79 Å². The summed E-state index contributed by atoms with van der Waals surface area (Å²) in [7, 11) is 0. The van der Waals surface area contributed by atoms with Crippen LogP contribution in [0.2, 0.25) is 0 Å². The van der Waals surface area contributed by atoms with E-state index in [0.717, 1.165) is 5.39 Å². The summed E-state index contributed by atoms with van der Waals surface area (Å²) in [5.41, 5.74) is 0.0511. The van der Waals surface area contributed by atoms with Gasteiger partial charge in [-0.15, -0.1) is 0 Å². The number of carbonyl (C=O) groups is 2. The molecule has 3 rings (SSSR count). The van der Waals surface area contributed by atoms with Gasteiger partial charge >= 0.3 is 5.97 Å². The number of ether oxygens (including phenoxy) is 2. The largest absolute Gasteiger partial charge is 0.506 e. The quantitative estimate of drug-likeness (QED) is 0.866. The molecule has 0 saturated carbocycles. The van der Waals surface area contributed by atoms with Crippen molar-refractivity contribution in [2.24, 2.45) is 0 Å². The number of nitrogens with zero attached hydrogens (tertiary/aromatic N) is 1. The van der Waals surface area contributed by atoms with Crippen LogP contribution < -0.4 is 0 Å². The molecule has 1 heterocycles. The summed E-state index contributed by atoms with van der Waals surface area (Å²) in [5, 5.41) is 11.7. The number of hydrogen-bond donors (Lipinski definition) is 1. The summed E-state index contributed by atoms with van der Waals surface area (Å²) in [6, 6.07) is 10.4. The van der Waals surface area contributed by atoms with Gasteiger partial charge in [0, 0.05) is 18.5 Å². The summed E-state index contributed by atoms with van der Waals surface area (Å²) in [6.07, 6.45) is -0.0964. The molecule has 0 spiro atoms. The standard InChI is InChI=1S/C19H21NO5/c1-12-9-20(10-13(2)25-12)17(21)11-24-19(23)16-8-7-14-5-3-4-6-15(14)18(16)22/h3-8,12-13,22H,9-11H2,1-2H3/t12-,13+. The Labute approximate surface area is 145 Å². The minimum atomic E-state index is -0.717. The summed E-state index contributed by atoms with van der Waals surface area (Å²) < 4.78 is 10.7. The molecule has 1 saturated heterocycles. The Bertz CT molecular complexity index is 794. The van der Waals surface area contributed by atoms with Crippen molar-refractivity contribution in [1.82, 2.24) is 4.90 Å². The van der Waals surface area contributed by atoms with E-state index in [1.54, 1.807) is 23.1 Å². The average Bonchev–Trinajstić information content (AvgIpc) is 2.59. The molecule has 2 aromatic rings. The zero-order chi connectivity index (χ0) is 18.0. The smallest absolute Gasteiger partial charge is 0.342 e. The van der Waals surface area contributed by atoms with Crippen LogP contribution in [0.1, 0.15) is 24.2 Å². The molecule has 6 heteroatoms. The highest BCUT2D eigenvalue weighted by atomic mass is 16.5. The van der Waals surface area contributed by atoms with Crippen molar-refractivity contribution in [3.8, 4) is 5.75 Å². The van der Waals surface area contributed by atoms with E-state index >= 15 is 0 Å². The summed E-state index contributed by atoms with van der Waals surface area (Å²) in [4.78, 5) is 26.1. The number of phenols is 1. The SMILES string of the molecule is C[C@@H]1CN(C(=O)COC(=O)c2ccc3ccccc3c2O)C[C@H](C)O1. The van der Waals surface area contributed by atoms with Gasteiger partial charge in [0.05, 0.1) is 12.2 Å². The number of morpholine rings is 1. The molecule has 2 aromatic carbocycles. The van der Waals surface area contributed by atoms with Gasteiger partial charge in [-0.1, -0.05) is 30.3 Å². The number of aromatic hydroxyl groups is 1. The van der Waals surface area contributed by atoms with Gasteiger partial charge in [0.15, 0.2) is 6.61 Å². The van der Waals surface area contributed by atoms with Crippen molar-refractivity contribution < 1.29 is 24.2 Å². The molecule has 0 bridgehead atoms. The van der Waals surface area contributed by atoms with E-state index in [1.807, 2.05) is 26.0 Å². The first-order valence-corrected chi connectivity index (χ1v) is 8.26. The molecule has 2 atom stereocenters. The summed E-state index contributed by atoms with van der Waals surface area (Å²) >= 11 is 0. The molecule has 1 amide bonds.